The molecule has 0 N–H and O–H groups in total. The Hall–Kier alpha value is -2.97. The van der Waals surface area contributed by atoms with Crippen molar-refractivity contribution in [1.82, 2.24) is 3.97 Å². The van der Waals surface area contributed by atoms with Crippen LogP contribution in [0.5, 0.6) is 0 Å². The SMILES string of the molecule is CCOC(=O)c1c(P(=O)(OCC)c2ccc(F)cc2)c2cc(Cl)ccc2n1S(=O)(=O)c1ccccc1. The Morgan fingerprint density at radius 3 is 2.28 bits per heavy atom. The minimum Gasteiger partial charge on any atom is -0.461 e. The predicted octanol–water partition coefficient (Wildman–Crippen LogP) is 5.11. The minimum atomic E-state index is -4.38. The molecule has 0 amide bonds. The average Bonchev–Trinajstić information content (AvgIpc) is 3.21. The van der Waals surface area contributed by atoms with Crippen molar-refractivity contribution in [3.05, 3.63) is 89.3 Å². The molecule has 0 spiro atoms. The maximum absolute atomic E-state index is 14.7. The zero-order valence-electron chi connectivity index (χ0n) is 19.4. The van der Waals surface area contributed by atoms with E-state index in [0.29, 0.717) is 0 Å². The number of hydrogen-bond donors (Lipinski definition) is 0. The summed E-state index contributed by atoms with van der Waals surface area (Å²) in [6, 6.07) is 16.6. The Morgan fingerprint density at radius 2 is 1.67 bits per heavy atom. The van der Waals surface area contributed by atoms with Gasteiger partial charge < -0.3 is 9.26 Å². The van der Waals surface area contributed by atoms with Gasteiger partial charge in [0.25, 0.3) is 17.4 Å². The topological polar surface area (TPSA) is 91.7 Å². The molecule has 4 aromatic rings. The molecular formula is C25H22ClFNO6PS. The fourth-order valence-corrected chi connectivity index (χ4v) is 8.12. The van der Waals surface area contributed by atoms with Gasteiger partial charge in [-0.15, -0.1) is 0 Å². The number of benzene rings is 3. The number of ether oxygens (including phenoxy) is 1. The number of nitrogens with zero attached hydrogens (tertiary/aromatic N) is 1. The molecule has 0 aliphatic heterocycles. The molecule has 11 heteroatoms. The van der Waals surface area contributed by atoms with Crippen molar-refractivity contribution in [2.24, 2.45) is 0 Å². The summed E-state index contributed by atoms with van der Waals surface area (Å²) >= 11 is 6.26. The molecule has 0 aliphatic rings. The van der Waals surface area contributed by atoms with Crippen LogP contribution < -0.4 is 10.6 Å². The van der Waals surface area contributed by atoms with Gasteiger partial charge in [-0.1, -0.05) is 29.8 Å². The van der Waals surface area contributed by atoms with Crippen LogP contribution in [0.15, 0.2) is 77.7 Å². The van der Waals surface area contributed by atoms with Gasteiger partial charge >= 0.3 is 5.97 Å². The van der Waals surface area contributed by atoms with Crippen molar-refractivity contribution in [1.29, 1.82) is 0 Å². The van der Waals surface area contributed by atoms with E-state index in [1.165, 1.54) is 42.5 Å². The lowest BCUT2D eigenvalue weighted by Gasteiger charge is -2.20. The van der Waals surface area contributed by atoms with Gasteiger partial charge in [-0.25, -0.2) is 21.6 Å². The van der Waals surface area contributed by atoms with E-state index < -0.39 is 34.9 Å². The van der Waals surface area contributed by atoms with Crippen LogP contribution in [0.4, 0.5) is 4.39 Å². The van der Waals surface area contributed by atoms with E-state index in [1.807, 2.05) is 0 Å². The van der Waals surface area contributed by atoms with Crippen LogP contribution in [0.3, 0.4) is 0 Å². The Kier molecular flexibility index (Phi) is 7.38. The summed E-state index contributed by atoms with van der Waals surface area (Å²) in [7, 11) is -8.56. The van der Waals surface area contributed by atoms with E-state index in [9.17, 15) is 22.2 Å². The number of fused-ring (bicyclic) bond motifs is 1. The second-order valence-electron chi connectivity index (χ2n) is 7.61. The second kappa shape index (κ2) is 10.2. The molecular weight excluding hydrogens is 528 g/mol. The average molecular weight is 550 g/mol. The van der Waals surface area contributed by atoms with Gasteiger partial charge in [0.15, 0.2) is 5.69 Å². The van der Waals surface area contributed by atoms with Crippen molar-refractivity contribution in [3.63, 3.8) is 0 Å². The van der Waals surface area contributed by atoms with Crippen LogP contribution in [-0.2, 0) is 23.8 Å². The normalized spacial score (nSPS) is 13.4. The molecule has 3 aromatic carbocycles. The van der Waals surface area contributed by atoms with Gasteiger partial charge in [-0.2, -0.15) is 0 Å². The third kappa shape index (κ3) is 4.48. The highest BCUT2D eigenvalue weighted by Gasteiger charge is 2.41. The molecule has 36 heavy (non-hydrogen) atoms. The molecule has 4 rings (SSSR count). The van der Waals surface area contributed by atoms with Gasteiger partial charge in [-0.05, 0) is 68.4 Å². The first-order chi connectivity index (χ1) is 17.1. The summed E-state index contributed by atoms with van der Waals surface area (Å²) in [6.45, 7) is 3.05. The predicted molar refractivity (Wildman–Crippen MR) is 137 cm³/mol. The molecule has 0 fully saturated rings. The van der Waals surface area contributed by atoms with Crippen molar-refractivity contribution in [2.45, 2.75) is 18.7 Å². The van der Waals surface area contributed by atoms with Crippen molar-refractivity contribution in [3.8, 4) is 0 Å². The summed E-state index contributed by atoms with van der Waals surface area (Å²) in [5, 5.41) is 0.237. The fourth-order valence-electron chi connectivity index (χ4n) is 3.93. The number of hydrogen-bond acceptors (Lipinski definition) is 6. The molecule has 0 saturated heterocycles. The third-order valence-electron chi connectivity index (χ3n) is 5.38. The van der Waals surface area contributed by atoms with E-state index >= 15 is 0 Å². The molecule has 0 aliphatic carbocycles. The fraction of sp³-hybridized carbons (Fsp3) is 0.160. The number of rotatable bonds is 8. The minimum absolute atomic E-state index is 0.0460. The lowest BCUT2D eigenvalue weighted by molar-refractivity contribution is 0.0520. The van der Waals surface area contributed by atoms with Gasteiger partial charge in [0, 0.05) is 15.7 Å². The molecule has 0 saturated carbocycles. The van der Waals surface area contributed by atoms with E-state index in [0.717, 1.165) is 16.1 Å². The highest BCUT2D eigenvalue weighted by molar-refractivity contribution is 7.90. The first kappa shape index (κ1) is 26.1. The first-order valence-corrected chi connectivity index (χ1v) is 14.4. The van der Waals surface area contributed by atoms with E-state index in [1.54, 1.807) is 32.0 Å². The quantitative estimate of drug-likeness (QED) is 0.224. The molecule has 7 nitrogen and oxygen atoms in total. The summed E-state index contributed by atoms with van der Waals surface area (Å²) in [5.41, 5.74) is -0.414. The highest BCUT2D eigenvalue weighted by atomic mass is 35.5. The first-order valence-electron chi connectivity index (χ1n) is 11.0. The van der Waals surface area contributed by atoms with Gasteiger partial charge in [0.2, 0.25) is 0 Å². The summed E-state index contributed by atoms with van der Waals surface area (Å²) < 4.78 is 68.0. The van der Waals surface area contributed by atoms with Crippen molar-refractivity contribution in [2.75, 3.05) is 13.2 Å². The van der Waals surface area contributed by atoms with E-state index in [4.69, 9.17) is 20.9 Å². The lowest BCUT2D eigenvalue weighted by atomic mass is 10.2. The number of carbonyl (C=O) groups excluding carboxylic acids is 1. The van der Waals surface area contributed by atoms with Gasteiger partial charge in [0.05, 0.1) is 28.9 Å². The molecule has 1 heterocycles. The number of carbonyl (C=O) groups is 1. The zero-order valence-corrected chi connectivity index (χ0v) is 21.8. The Bertz CT molecular complexity index is 1590. The molecule has 1 unspecified atom stereocenters. The van der Waals surface area contributed by atoms with E-state index in [-0.39, 0.29) is 44.6 Å². The van der Waals surface area contributed by atoms with Crippen LogP contribution in [-0.4, -0.2) is 31.6 Å². The van der Waals surface area contributed by atoms with Crippen LogP contribution in [0, 0.1) is 5.82 Å². The van der Waals surface area contributed by atoms with Gasteiger partial charge in [-0.3, -0.25) is 4.57 Å². The monoisotopic (exact) mass is 549 g/mol. The third-order valence-corrected chi connectivity index (χ3v) is 9.99. The smallest absolute Gasteiger partial charge is 0.356 e. The van der Waals surface area contributed by atoms with Crippen LogP contribution in [0.1, 0.15) is 24.3 Å². The molecule has 0 radical (unpaired) electrons. The van der Waals surface area contributed by atoms with Crippen LogP contribution in [0.2, 0.25) is 5.02 Å². The molecule has 1 aromatic heterocycles. The van der Waals surface area contributed by atoms with E-state index in [2.05, 4.69) is 0 Å². The molecule has 1 atom stereocenters. The second-order valence-corrected chi connectivity index (χ2v) is 12.2. The lowest BCUT2D eigenvalue weighted by Crippen LogP contribution is -2.28. The Balaban J connectivity index is 2.21. The summed E-state index contributed by atoms with van der Waals surface area (Å²) in [6.07, 6.45) is 0. The van der Waals surface area contributed by atoms with Crippen molar-refractivity contribution < 1.29 is 31.4 Å². The standard InChI is InChI=1S/C25H22ClFNO6PS/c1-3-33-25(29)23-24(35(30,34-4-2)19-13-11-18(27)12-14-19)21-16-17(26)10-15-22(21)28(23)36(31,32)20-8-6-5-7-9-20/h5-16H,3-4H2,1-2H3. The Labute approximate surface area is 212 Å². The number of esters is 1. The number of halogens is 2. The van der Waals surface area contributed by atoms with Crippen LogP contribution in [0.25, 0.3) is 10.9 Å². The highest BCUT2D eigenvalue weighted by Crippen LogP contribution is 2.49. The maximum Gasteiger partial charge on any atom is 0.356 e. The molecule has 188 valence electrons. The molecule has 0 bridgehead atoms. The van der Waals surface area contributed by atoms with Gasteiger partial charge in [0.1, 0.15) is 5.82 Å². The Morgan fingerprint density at radius 1 is 1.00 bits per heavy atom. The maximum atomic E-state index is 14.7. The largest absolute Gasteiger partial charge is 0.461 e. The number of aromatic nitrogens is 1. The van der Waals surface area contributed by atoms with Crippen molar-refractivity contribution >= 4 is 56.5 Å². The summed E-state index contributed by atoms with van der Waals surface area (Å²) in [5.74, 6) is -1.58. The van der Waals surface area contributed by atoms with Crippen LogP contribution >= 0.6 is 19.0 Å². The summed E-state index contributed by atoms with van der Waals surface area (Å²) in [4.78, 5) is 13.3. The zero-order chi connectivity index (χ0) is 26.1.